The second-order valence-electron chi connectivity index (χ2n) is 6.27. The molecule has 0 radical (unpaired) electrons. The number of benzene rings is 3. The Hall–Kier alpha value is -3.71. The third-order valence-electron chi connectivity index (χ3n) is 4.50. The third-order valence-corrected chi connectivity index (χ3v) is 6.05. The summed E-state index contributed by atoms with van der Waals surface area (Å²) in [5.74, 6) is -0.0629. The van der Waals surface area contributed by atoms with Gasteiger partial charge in [-0.3, -0.25) is 9.59 Å². The fourth-order valence-corrected chi connectivity index (χ4v) is 4.73. The maximum Gasteiger partial charge on any atom is 0.298 e. The van der Waals surface area contributed by atoms with Crippen LogP contribution in [0.4, 0.5) is 0 Å². The zero-order chi connectivity index (χ0) is 20.5. The van der Waals surface area contributed by atoms with Gasteiger partial charge in [0.1, 0.15) is 17.2 Å². The van der Waals surface area contributed by atoms with E-state index in [9.17, 15) is 24.0 Å². The molecule has 144 valence electrons. The average Bonchev–Trinajstić information content (AvgIpc) is 3.01. The second-order valence-corrected chi connectivity index (χ2v) is 7.65. The number of phenolic OH excluding ortho intramolecular Hbond substituents is 2. The summed E-state index contributed by atoms with van der Waals surface area (Å²) in [6, 6.07) is 16.5. The van der Waals surface area contributed by atoms with Gasteiger partial charge in [0.05, 0.1) is 20.6 Å². The number of hydrogen-bond acceptors (Lipinski definition) is 6. The molecule has 1 aliphatic rings. The number of ether oxygens (including phenoxy) is 1. The molecule has 1 aliphatic heterocycles. The van der Waals surface area contributed by atoms with Gasteiger partial charge >= 0.3 is 0 Å². The number of aromatic hydroxyl groups is 2. The predicted octanol–water partition coefficient (Wildman–Crippen LogP) is 3.51. The van der Waals surface area contributed by atoms with Gasteiger partial charge in [-0.2, -0.15) is 0 Å². The highest BCUT2D eigenvalue weighted by Crippen LogP contribution is 2.44. The first-order chi connectivity index (χ1) is 14.0. The number of hydrogen-bond donors (Lipinski definition) is 2. The van der Waals surface area contributed by atoms with Crippen LogP contribution in [0.5, 0.6) is 17.2 Å². The van der Waals surface area contributed by atoms with Crippen LogP contribution in [-0.4, -0.2) is 26.7 Å². The molecule has 0 bridgehead atoms. The van der Waals surface area contributed by atoms with E-state index >= 15 is 0 Å². The minimum absolute atomic E-state index is 0.0295. The second kappa shape index (κ2) is 7.37. The highest BCUT2D eigenvalue weighted by Gasteiger charge is 2.34. The molecule has 2 N–H and O–H groups in total. The van der Waals surface area contributed by atoms with Crippen LogP contribution in [0.15, 0.2) is 71.6 Å². The average molecular weight is 406 g/mol. The summed E-state index contributed by atoms with van der Waals surface area (Å²) in [4.78, 5) is 24.5. The quantitative estimate of drug-likeness (QED) is 0.497. The van der Waals surface area contributed by atoms with Crippen molar-refractivity contribution in [3.8, 4) is 17.2 Å². The lowest BCUT2D eigenvalue weighted by Crippen LogP contribution is -2.03. The highest BCUT2D eigenvalue weighted by molar-refractivity contribution is 7.95. The van der Waals surface area contributed by atoms with E-state index in [0.717, 1.165) is 0 Å². The molecule has 0 amide bonds. The molecule has 0 fully saturated rings. The molecule has 29 heavy (non-hydrogen) atoms. The van der Waals surface area contributed by atoms with Gasteiger partial charge in [0.25, 0.3) is 6.47 Å². The van der Waals surface area contributed by atoms with Gasteiger partial charge < -0.3 is 14.9 Å². The number of phenols is 2. The molecule has 7 heteroatoms. The van der Waals surface area contributed by atoms with E-state index in [1.165, 1.54) is 48.5 Å². The van der Waals surface area contributed by atoms with Crippen molar-refractivity contribution in [1.82, 2.24) is 0 Å². The summed E-state index contributed by atoms with van der Waals surface area (Å²) >= 11 is 0. The summed E-state index contributed by atoms with van der Waals surface area (Å²) in [7, 11) is -1.70. The number of allylic oxidation sites excluding steroid dienone is 1. The summed E-state index contributed by atoms with van der Waals surface area (Å²) in [5.41, 5.74) is 1.59. The fourth-order valence-electron chi connectivity index (χ4n) is 3.17. The minimum Gasteiger partial charge on any atom is -0.508 e. The van der Waals surface area contributed by atoms with E-state index in [1.54, 1.807) is 18.2 Å². The molecule has 0 saturated heterocycles. The zero-order valence-electron chi connectivity index (χ0n) is 14.9. The molecule has 1 unspecified atom stereocenters. The molecule has 4 rings (SSSR count). The van der Waals surface area contributed by atoms with Crippen LogP contribution in [-0.2, 0) is 15.6 Å². The molecule has 1 heterocycles. The Morgan fingerprint density at radius 3 is 2.21 bits per heavy atom. The smallest absolute Gasteiger partial charge is 0.298 e. The maximum atomic E-state index is 13.3. The molecule has 0 saturated carbocycles. The molecule has 6 nitrogen and oxygen atoms in total. The van der Waals surface area contributed by atoms with Gasteiger partial charge in [-0.05, 0) is 60.2 Å². The van der Waals surface area contributed by atoms with Crippen molar-refractivity contribution in [3.63, 3.8) is 0 Å². The van der Waals surface area contributed by atoms with Crippen molar-refractivity contribution in [2.45, 2.75) is 4.90 Å². The van der Waals surface area contributed by atoms with Crippen molar-refractivity contribution in [3.05, 3.63) is 83.4 Å². The topological polar surface area (TPSA) is 101 Å². The Kier molecular flexibility index (Phi) is 4.74. The first-order valence-electron chi connectivity index (χ1n) is 8.53. The van der Waals surface area contributed by atoms with Crippen LogP contribution in [0, 0.1) is 0 Å². The number of rotatable bonds is 5. The fraction of sp³-hybridized carbons (Fsp3) is 0. The number of fused-ring (bicyclic) bond motifs is 1. The van der Waals surface area contributed by atoms with E-state index in [0.29, 0.717) is 38.7 Å². The normalized spacial score (nSPS) is 15.1. The van der Waals surface area contributed by atoms with E-state index in [4.69, 9.17) is 4.74 Å². The van der Waals surface area contributed by atoms with Crippen molar-refractivity contribution in [2.24, 2.45) is 0 Å². The standard InChI is InChI=1S/C22H14O6S/c23-12-28-17-8-3-14(4-9-17)22-20(21(26)13-1-5-15(24)6-2-13)18-10-7-16(25)11-19(18)29(22)27/h1-12,24-25H. The van der Waals surface area contributed by atoms with Crippen LogP contribution in [0.1, 0.15) is 21.5 Å². The van der Waals surface area contributed by atoms with Crippen molar-refractivity contribution >= 4 is 33.5 Å². The molecule has 0 aliphatic carbocycles. The molecule has 1 atom stereocenters. The first kappa shape index (κ1) is 18.6. The lowest BCUT2D eigenvalue weighted by atomic mass is 9.94. The third kappa shape index (κ3) is 3.32. The van der Waals surface area contributed by atoms with Gasteiger partial charge in [-0.25, -0.2) is 4.21 Å². The van der Waals surface area contributed by atoms with E-state index in [2.05, 4.69) is 0 Å². The molecular weight excluding hydrogens is 392 g/mol. The Labute approximate surface area is 168 Å². The summed E-state index contributed by atoms with van der Waals surface area (Å²) in [6.45, 7) is 0.306. The van der Waals surface area contributed by atoms with Crippen LogP contribution in [0.3, 0.4) is 0 Å². The Bertz CT molecular complexity index is 1180. The molecule has 0 aromatic heterocycles. The first-order valence-corrected chi connectivity index (χ1v) is 9.68. The van der Waals surface area contributed by atoms with Crippen molar-refractivity contribution < 1.29 is 28.7 Å². The van der Waals surface area contributed by atoms with Crippen LogP contribution < -0.4 is 4.74 Å². The Balaban J connectivity index is 1.90. The van der Waals surface area contributed by atoms with E-state index < -0.39 is 10.8 Å². The summed E-state index contributed by atoms with van der Waals surface area (Å²) < 4.78 is 18.0. The number of ketones is 1. The SMILES string of the molecule is O=COc1ccc(C2=C(C(=O)c3ccc(O)cc3)c3ccc(O)cc3S2=O)cc1. The molecule has 0 spiro atoms. The highest BCUT2D eigenvalue weighted by atomic mass is 32.2. The van der Waals surface area contributed by atoms with Gasteiger partial charge in [-0.1, -0.05) is 12.1 Å². The van der Waals surface area contributed by atoms with Gasteiger partial charge in [0.15, 0.2) is 5.78 Å². The summed E-state index contributed by atoms with van der Waals surface area (Å²) in [5, 5.41) is 19.3. The minimum atomic E-state index is -1.70. The molecule has 3 aromatic carbocycles. The van der Waals surface area contributed by atoms with Crippen LogP contribution in [0.25, 0.3) is 10.5 Å². The zero-order valence-corrected chi connectivity index (χ0v) is 15.7. The van der Waals surface area contributed by atoms with E-state index in [-0.39, 0.29) is 22.9 Å². The largest absolute Gasteiger partial charge is 0.508 e. The Morgan fingerprint density at radius 1 is 0.897 bits per heavy atom. The van der Waals surface area contributed by atoms with Crippen molar-refractivity contribution in [2.75, 3.05) is 0 Å². The lowest BCUT2D eigenvalue weighted by molar-refractivity contribution is -0.120. The van der Waals surface area contributed by atoms with Gasteiger partial charge in [0, 0.05) is 16.7 Å². The Morgan fingerprint density at radius 2 is 1.55 bits per heavy atom. The molecule has 3 aromatic rings. The number of Topliss-reactive ketones (excluding diaryl/α,β-unsaturated/α-hetero) is 1. The number of carbonyl (C=O) groups is 2. The van der Waals surface area contributed by atoms with Gasteiger partial charge in [-0.15, -0.1) is 0 Å². The van der Waals surface area contributed by atoms with Crippen LogP contribution >= 0.6 is 0 Å². The predicted molar refractivity (Wildman–Crippen MR) is 107 cm³/mol. The van der Waals surface area contributed by atoms with Crippen molar-refractivity contribution in [1.29, 1.82) is 0 Å². The lowest BCUT2D eigenvalue weighted by Gasteiger charge is -2.08. The molecular formula is C22H14O6S. The van der Waals surface area contributed by atoms with E-state index in [1.807, 2.05) is 0 Å². The van der Waals surface area contributed by atoms with Crippen LogP contribution in [0.2, 0.25) is 0 Å². The number of carbonyl (C=O) groups excluding carboxylic acids is 2. The summed E-state index contributed by atoms with van der Waals surface area (Å²) in [6.07, 6.45) is 0. The maximum absolute atomic E-state index is 13.3. The van der Waals surface area contributed by atoms with Gasteiger partial charge in [0.2, 0.25) is 0 Å². The monoisotopic (exact) mass is 406 g/mol.